The molecule has 1 aromatic rings. The second-order valence-electron chi connectivity index (χ2n) is 11.5. The van der Waals surface area contributed by atoms with Gasteiger partial charge in [-0.15, -0.1) is 0 Å². The molecule has 210 valence electrons. The summed E-state index contributed by atoms with van der Waals surface area (Å²) in [6, 6.07) is 9.52. The maximum atomic E-state index is 12.9. The molecule has 2 saturated heterocycles. The van der Waals surface area contributed by atoms with Crippen LogP contribution in [0.3, 0.4) is 0 Å². The van der Waals surface area contributed by atoms with E-state index in [1.165, 1.54) is 64.2 Å². The average molecular weight is 538 g/mol. The molecule has 2 fully saturated rings. The molecule has 3 rings (SSSR count). The first-order valence-electron chi connectivity index (χ1n) is 14.3. The molecular formula is C29H48NO6P. The van der Waals surface area contributed by atoms with E-state index in [-0.39, 0.29) is 0 Å². The Morgan fingerprint density at radius 3 is 1.54 bits per heavy atom. The topological polar surface area (TPSA) is 83.1 Å². The third kappa shape index (κ3) is 7.11. The van der Waals surface area contributed by atoms with Crippen LogP contribution in [0.15, 0.2) is 30.3 Å². The number of unbranched alkanes of at least 4 members (excludes halogenated alkanes) is 11. The number of benzene rings is 1. The summed E-state index contributed by atoms with van der Waals surface area (Å²) in [6.07, 6.45) is 15.2. The normalized spacial score (nSPS) is 22.8. The van der Waals surface area contributed by atoms with E-state index in [0.29, 0.717) is 6.54 Å². The van der Waals surface area contributed by atoms with E-state index >= 15 is 0 Å². The number of rotatable bonds is 16. The van der Waals surface area contributed by atoms with E-state index in [4.69, 9.17) is 18.1 Å². The van der Waals surface area contributed by atoms with Crippen molar-refractivity contribution < 1.29 is 27.7 Å². The second-order valence-corrected chi connectivity index (χ2v) is 14.5. The third-order valence-corrected chi connectivity index (χ3v) is 11.1. The van der Waals surface area contributed by atoms with Gasteiger partial charge in [0.15, 0.2) is 0 Å². The van der Waals surface area contributed by atoms with Gasteiger partial charge in [-0.2, -0.15) is 0 Å². The predicted octanol–water partition coefficient (Wildman–Crippen LogP) is 7.89. The summed E-state index contributed by atoms with van der Waals surface area (Å²) >= 11 is 0. The molecule has 2 aliphatic rings. The van der Waals surface area contributed by atoms with E-state index in [9.17, 15) is 9.59 Å². The van der Waals surface area contributed by atoms with Crippen molar-refractivity contribution in [1.29, 1.82) is 0 Å². The first-order valence-corrected chi connectivity index (χ1v) is 16.2. The zero-order valence-corrected chi connectivity index (χ0v) is 24.4. The first kappa shape index (κ1) is 30.0. The molecule has 1 unspecified atom stereocenters. The summed E-state index contributed by atoms with van der Waals surface area (Å²) < 4.78 is 24.5. The zero-order chi connectivity index (χ0) is 27.0. The van der Waals surface area contributed by atoms with Crippen LogP contribution in [0.1, 0.15) is 123 Å². The van der Waals surface area contributed by atoms with Crippen LogP contribution in [0.25, 0.3) is 0 Å². The van der Waals surface area contributed by atoms with Crippen molar-refractivity contribution >= 4 is 19.4 Å². The van der Waals surface area contributed by atoms with E-state index in [0.717, 1.165) is 18.4 Å². The maximum absolute atomic E-state index is 12.9. The summed E-state index contributed by atoms with van der Waals surface area (Å²) in [5, 5.41) is 3.51. The predicted molar refractivity (Wildman–Crippen MR) is 148 cm³/mol. The minimum atomic E-state index is -4.71. The Kier molecular flexibility index (Phi) is 10.2. The van der Waals surface area contributed by atoms with E-state index in [2.05, 4.69) is 12.2 Å². The minimum absolute atomic E-state index is 0.594. The van der Waals surface area contributed by atoms with Crippen LogP contribution in [0.2, 0.25) is 0 Å². The van der Waals surface area contributed by atoms with E-state index < -0.39 is 36.4 Å². The Morgan fingerprint density at radius 1 is 0.703 bits per heavy atom. The summed E-state index contributed by atoms with van der Waals surface area (Å²) in [6.45, 7) is 9.38. The molecule has 1 aromatic carbocycles. The van der Waals surface area contributed by atoms with Crippen LogP contribution in [0.4, 0.5) is 0 Å². The molecule has 1 spiro atoms. The van der Waals surface area contributed by atoms with Gasteiger partial charge in [0.05, 0.1) is 0 Å². The molecule has 7 nitrogen and oxygen atoms in total. The molecule has 0 amide bonds. The van der Waals surface area contributed by atoms with Gasteiger partial charge in [-0.25, -0.2) is 0 Å². The number of hydrogen-bond acceptors (Lipinski definition) is 7. The van der Waals surface area contributed by atoms with Gasteiger partial charge in [0.2, 0.25) is 0 Å². The molecule has 0 bridgehead atoms. The summed E-state index contributed by atoms with van der Waals surface area (Å²) in [5.74, 6) is -1.93. The molecule has 2 heterocycles. The first-order chi connectivity index (χ1) is 17.5. The molecule has 0 aliphatic carbocycles. The Morgan fingerprint density at radius 2 is 1.14 bits per heavy atom. The van der Waals surface area contributed by atoms with Crippen LogP contribution in [-0.2, 0) is 27.7 Å². The summed E-state index contributed by atoms with van der Waals surface area (Å²) in [7, 11) is -4.71. The number of nitrogens with one attached hydrogen (secondary N) is 1. The molecule has 0 aromatic heterocycles. The van der Waals surface area contributed by atoms with Gasteiger partial charge in [0.25, 0.3) is 0 Å². The third-order valence-electron chi connectivity index (χ3n) is 7.17. The summed E-state index contributed by atoms with van der Waals surface area (Å²) in [5.41, 5.74) is -1.82. The van der Waals surface area contributed by atoms with Gasteiger partial charge in [-0.05, 0) is 0 Å². The van der Waals surface area contributed by atoms with Crippen LogP contribution in [0.5, 0.6) is 0 Å². The van der Waals surface area contributed by atoms with Gasteiger partial charge < -0.3 is 0 Å². The van der Waals surface area contributed by atoms with Crippen molar-refractivity contribution in [3.05, 3.63) is 35.9 Å². The molecule has 8 heteroatoms. The van der Waals surface area contributed by atoms with Crippen LogP contribution >= 0.6 is 7.51 Å². The molecule has 1 N–H and O–H groups in total. The van der Waals surface area contributed by atoms with Crippen LogP contribution < -0.4 is 5.32 Å². The number of hydrogen-bond donors (Lipinski definition) is 1. The van der Waals surface area contributed by atoms with Crippen molar-refractivity contribution in [2.24, 2.45) is 0 Å². The van der Waals surface area contributed by atoms with Gasteiger partial charge in [-0.1, -0.05) is 26.2 Å². The molecule has 0 saturated carbocycles. The van der Waals surface area contributed by atoms with Gasteiger partial charge >= 0.3 is 197 Å². The SMILES string of the molecule is CCCCCCCCCCCCCCNC(c1ccccc1)P12(OC(=O)C(C)(C)O1)OC(=O)C(C)(C)O2. The second kappa shape index (κ2) is 12.5. The van der Waals surface area contributed by atoms with Crippen LogP contribution in [-0.4, -0.2) is 29.7 Å². The van der Waals surface area contributed by atoms with E-state index in [1.807, 2.05) is 30.3 Å². The molecule has 0 radical (unpaired) electrons. The quantitative estimate of drug-likeness (QED) is 0.169. The Labute approximate surface area is 223 Å². The molecule has 2 aliphatic heterocycles. The average Bonchev–Trinajstić information content (AvgIpc) is 3.17. The summed E-state index contributed by atoms with van der Waals surface area (Å²) in [4.78, 5) is 25.8. The fraction of sp³-hybridized carbons (Fsp3) is 0.724. The number of carbonyl (C=O) groups excluding carboxylic acids is 2. The van der Waals surface area contributed by atoms with Crippen LogP contribution in [0, 0.1) is 0 Å². The Balaban J connectivity index is 1.59. The molecular weight excluding hydrogens is 489 g/mol. The van der Waals surface area contributed by atoms with Gasteiger partial charge in [-0.3, -0.25) is 0 Å². The van der Waals surface area contributed by atoms with Crippen molar-refractivity contribution in [2.75, 3.05) is 6.54 Å². The zero-order valence-electron chi connectivity index (χ0n) is 23.6. The fourth-order valence-electron chi connectivity index (χ4n) is 5.09. The molecule has 1 atom stereocenters. The van der Waals surface area contributed by atoms with E-state index in [1.54, 1.807) is 27.7 Å². The fourth-order valence-corrected chi connectivity index (χ4v) is 9.65. The Hall–Kier alpha value is -1.53. The van der Waals surface area contributed by atoms with Crippen molar-refractivity contribution in [3.63, 3.8) is 0 Å². The number of carbonyl (C=O) groups is 2. The Bertz CT molecular complexity index is 867. The molecule has 37 heavy (non-hydrogen) atoms. The van der Waals surface area contributed by atoms with Crippen molar-refractivity contribution in [3.8, 4) is 0 Å². The van der Waals surface area contributed by atoms with Crippen molar-refractivity contribution in [1.82, 2.24) is 5.32 Å². The van der Waals surface area contributed by atoms with Gasteiger partial charge in [0.1, 0.15) is 0 Å². The van der Waals surface area contributed by atoms with Crippen molar-refractivity contribution in [2.45, 2.75) is 129 Å². The van der Waals surface area contributed by atoms with Gasteiger partial charge in [0, 0.05) is 0 Å². The standard InChI is InChI=1S/C29H48NO6P/c1-6-7-8-9-10-11-12-13-14-15-16-20-23-30-25(24-21-18-17-19-22-24)37(33-26(31)28(2,3)35-37)34-27(32)29(4,5)36-37/h17-19,21-22,25,30H,6-16,20,23H2,1-5H3. The monoisotopic (exact) mass is 537 g/mol.